The van der Waals surface area contributed by atoms with Gasteiger partial charge in [0.15, 0.2) is 0 Å². The normalized spacial score (nSPS) is 14.9. The molecule has 0 radical (unpaired) electrons. The number of nitrogens with zero attached hydrogens (tertiary/aromatic N) is 6. The van der Waals surface area contributed by atoms with Crippen LogP contribution >= 0.6 is 15.9 Å². The Morgan fingerprint density at radius 2 is 1.90 bits per heavy atom. The third-order valence-corrected chi connectivity index (χ3v) is 8.74. The number of hydrogen-bond acceptors (Lipinski definition) is 8. The maximum Gasteiger partial charge on any atom is 0.243 e. The number of halogens is 1. The molecule has 0 saturated carbocycles. The van der Waals surface area contributed by atoms with E-state index in [0.29, 0.717) is 43.0 Å². The lowest BCUT2D eigenvalue weighted by molar-refractivity contribution is 0.0283. The summed E-state index contributed by atoms with van der Waals surface area (Å²) in [5.41, 5.74) is 1.54. The lowest BCUT2D eigenvalue weighted by Crippen LogP contribution is -2.48. The van der Waals surface area contributed by atoms with Crippen molar-refractivity contribution in [2.75, 3.05) is 37.7 Å². The Kier molecular flexibility index (Phi) is 7.35. The first-order valence-electron chi connectivity index (χ1n) is 12.3. The minimum absolute atomic E-state index is 0.0880. The summed E-state index contributed by atoms with van der Waals surface area (Å²) in [5, 5.41) is 24.0. The molecule has 202 valence electrons. The van der Waals surface area contributed by atoms with Crippen LogP contribution in [0.4, 0.5) is 5.82 Å². The number of sulfonamides is 1. The standard InChI is InChI=1S/C27H27BrN6O4S/c1-27(2,35)18-38-22-13-24(26-20(14-29)16-31-34(26)17-22)19-6-7-25(30-15-19)32-8-10-33(11-9-32)39(36,37)23-5-3-4-21(28)12-23/h3-7,12-13,15-17,35H,8-11,18H2,1-2H3. The monoisotopic (exact) mass is 610 g/mol. The number of rotatable bonds is 7. The number of pyridine rings is 2. The van der Waals surface area contributed by atoms with E-state index in [1.807, 2.05) is 18.2 Å². The van der Waals surface area contributed by atoms with Crippen LogP contribution in [0.1, 0.15) is 19.4 Å². The summed E-state index contributed by atoms with van der Waals surface area (Å²) < 4.78 is 35.7. The number of nitriles is 1. The molecule has 0 unspecified atom stereocenters. The molecule has 1 aromatic carbocycles. The molecule has 1 saturated heterocycles. The molecule has 4 aromatic rings. The maximum atomic E-state index is 13.1. The lowest BCUT2D eigenvalue weighted by Gasteiger charge is -2.34. The quantitative estimate of drug-likeness (QED) is 0.336. The molecule has 1 N–H and O–H groups in total. The average Bonchev–Trinajstić information content (AvgIpc) is 3.34. The molecule has 10 nitrogen and oxygen atoms in total. The number of piperazine rings is 1. The van der Waals surface area contributed by atoms with E-state index in [0.717, 1.165) is 21.4 Å². The van der Waals surface area contributed by atoms with Gasteiger partial charge < -0.3 is 14.7 Å². The molecular weight excluding hydrogens is 584 g/mol. The van der Waals surface area contributed by atoms with E-state index in [2.05, 4.69) is 37.0 Å². The SMILES string of the molecule is CC(C)(O)COc1cc(-c2ccc(N3CCN(S(=O)(=O)c4cccc(Br)c4)CC3)nc2)c2c(C#N)cnn2c1. The van der Waals surface area contributed by atoms with Crippen molar-refractivity contribution < 1.29 is 18.3 Å². The van der Waals surface area contributed by atoms with E-state index in [1.54, 1.807) is 55.0 Å². The van der Waals surface area contributed by atoms with Crippen molar-refractivity contribution in [1.29, 1.82) is 5.26 Å². The summed E-state index contributed by atoms with van der Waals surface area (Å²) in [6, 6.07) is 14.5. The molecule has 0 amide bonds. The van der Waals surface area contributed by atoms with Crippen molar-refractivity contribution in [3.05, 3.63) is 71.1 Å². The molecule has 1 fully saturated rings. The fourth-order valence-electron chi connectivity index (χ4n) is 4.40. The summed E-state index contributed by atoms with van der Waals surface area (Å²) in [4.78, 5) is 6.97. The highest BCUT2D eigenvalue weighted by Crippen LogP contribution is 2.32. The van der Waals surface area contributed by atoms with Gasteiger partial charge in [-0.05, 0) is 50.2 Å². The highest BCUT2D eigenvalue weighted by atomic mass is 79.9. The smallest absolute Gasteiger partial charge is 0.243 e. The highest BCUT2D eigenvalue weighted by Gasteiger charge is 2.29. The van der Waals surface area contributed by atoms with Gasteiger partial charge in [-0.2, -0.15) is 14.7 Å². The van der Waals surface area contributed by atoms with Crippen LogP contribution in [-0.2, 0) is 10.0 Å². The van der Waals surface area contributed by atoms with Gasteiger partial charge in [0, 0.05) is 48.0 Å². The summed E-state index contributed by atoms with van der Waals surface area (Å²) >= 11 is 3.34. The van der Waals surface area contributed by atoms with Gasteiger partial charge in [0.2, 0.25) is 10.0 Å². The summed E-state index contributed by atoms with van der Waals surface area (Å²) in [6.45, 7) is 5.11. The van der Waals surface area contributed by atoms with Crippen LogP contribution < -0.4 is 9.64 Å². The molecular formula is C27H27BrN6O4S. The van der Waals surface area contributed by atoms with Crippen LogP contribution in [-0.4, -0.2) is 70.8 Å². The van der Waals surface area contributed by atoms with Gasteiger partial charge in [-0.15, -0.1) is 0 Å². The second-order valence-electron chi connectivity index (χ2n) is 9.91. The number of hydrogen-bond donors (Lipinski definition) is 1. The van der Waals surface area contributed by atoms with Gasteiger partial charge in [0.25, 0.3) is 0 Å². The Labute approximate surface area is 235 Å². The molecule has 0 bridgehead atoms. The van der Waals surface area contributed by atoms with Crippen molar-refractivity contribution >= 4 is 37.3 Å². The van der Waals surface area contributed by atoms with E-state index < -0.39 is 15.6 Å². The van der Waals surface area contributed by atoms with Gasteiger partial charge >= 0.3 is 0 Å². The number of anilines is 1. The summed E-state index contributed by atoms with van der Waals surface area (Å²) in [5.74, 6) is 1.23. The zero-order chi connectivity index (χ0) is 27.8. The molecule has 0 spiro atoms. The molecule has 3 aromatic heterocycles. The fourth-order valence-corrected chi connectivity index (χ4v) is 6.42. The number of aliphatic hydroxyl groups is 1. The van der Waals surface area contributed by atoms with Crippen LogP contribution in [0.15, 0.2) is 70.4 Å². The van der Waals surface area contributed by atoms with E-state index in [1.165, 1.54) is 10.5 Å². The van der Waals surface area contributed by atoms with Gasteiger partial charge in [0.1, 0.15) is 24.2 Å². The summed E-state index contributed by atoms with van der Waals surface area (Å²) in [6.07, 6.45) is 4.90. The molecule has 39 heavy (non-hydrogen) atoms. The zero-order valence-corrected chi connectivity index (χ0v) is 23.9. The maximum absolute atomic E-state index is 13.1. The Morgan fingerprint density at radius 3 is 2.54 bits per heavy atom. The molecule has 0 atom stereocenters. The number of benzene rings is 1. The minimum atomic E-state index is -3.58. The Morgan fingerprint density at radius 1 is 1.13 bits per heavy atom. The van der Waals surface area contributed by atoms with Gasteiger partial charge in [0.05, 0.1) is 34.0 Å². The first kappa shape index (κ1) is 27.1. The van der Waals surface area contributed by atoms with Crippen molar-refractivity contribution in [2.24, 2.45) is 0 Å². The van der Waals surface area contributed by atoms with Crippen molar-refractivity contribution in [3.63, 3.8) is 0 Å². The highest BCUT2D eigenvalue weighted by molar-refractivity contribution is 9.10. The van der Waals surface area contributed by atoms with Crippen LogP contribution in [0.2, 0.25) is 0 Å². The van der Waals surface area contributed by atoms with Crippen molar-refractivity contribution in [2.45, 2.75) is 24.3 Å². The molecule has 1 aliphatic rings. The lowest BCUT2D eigenvalue weighted by atomic mass is 10.1. The Hall–Kier alpha value is -3.50. The van der Waals surface area contributed by atoms with E-state index in [4.69, 9.17) is 4.74 Å². The summed E-state index contributed by atoms with van der Waals surface area (Å²) in [7, 11) is -3.58. The van der Waals surface area contributed by atoms with E-state index in [-0.39, 0.29) is 11.5 Å². The van der Waals surface area contributed by atoms with Crippen LogP contribution in [0.3, 0.4) is 0 Å². The van der Waals surface area contributed by atoms with Crippen LogP contribution in [0.25, 0.3) is 16.6 Å². The number of ether oxygens (including phenoxy) is 1. The predicted octanol–water partition coefficient (Wildman–Crippen LogP) is 3.69. The van der Waals surface area contributed by atoms with Crippen LogP contribution in [0, 0.1) is 11.3 Å². The molecule has 5 rings (SSSR count). The van der Waals surface area contributed by atoms with Gasteiger partial charge in [-0.1, -0.05) is 22.0 Å². The van der Waals surface area contributed by atoms with E-state index in [9.17, 15) is 18.8 Å². The number of fused-ring (bicyclic) bond motifs is 1. The zero-order valence-electron chi connectivity index (χ0n) is 21.5. The second kappa shape index (κ2) is 10.6. The minimum Gasteiger partial charge on any atom is -0.489 e. The van der Waals surface area contributed by atoms with Crippen molar-refractivity contribution in [3.8, 4) is 22.9 Å². The topological polar surface area (TPSA) is 124 Å². The molecule has 12 heteroatoms. The second-order valence-corrected chi connectivity index (χ2v) is 12.8. The average molecular weight is 612 g/mol. The van der Waals surface area contributed by atoms with Crippen LogP contribution in [0.5, 0.6) is 5.75 Å². The van der Waals surface area contributed by atoms with Gasteiger partial charge in [-0.25, -0.2) is 17.9 Å². The Balaban J connectivity index is 1.36. The largest absolute Gasteiger partial charge is 0.489 e. The molecule has 1 aliphatic heterocycles. The predicted molar refractivity (Wildman–Crippen MR) is 150 cm³/mol. The Bertz CT molecular complexity index is 1650. The third-order valence-electron chi connectivity index (χ3n) is 6.35. The van der Waals surface area contributed by atoms with E-state index >= 15 is 0 Å². The van der Waals surface area contributed by atoms with Gasteiger partial charge in [-0.3, -0.25) is 0 Å². The molecule has 4 heterocycles. The number of aromatic nitrogens is 3. The first-order valence-corrected chi connectivity index (χ1v) is 14.5. The first-order chi connectivity index (χ1) is 18.5. The van der Waals surface area contributed by atoms with Crippen molar-refractivity contribution in [1.82, 2.24) is 18.9 Å². The molecule has 0 aliphatic carbocycles. The fraction of sp³-hybridized carbons (Fsp3) is 0.296. The third kappa shape index (κ3) is 5.77.